The van der Waals surface area contributed by atoms with Gasteiger partial charge in [0.1, 0.15) is 22.8 Å². The average Bonchev–Trinajstić information content (AvgIpc) is 3.30. The summed E-state index contributed by atoms with van der Waals surface area (Å²) in [5.41, 5.74) is 0.828. The lowest BCUT2D eigenvalue weighted by Gasteiger charge is -2.30. The average molecular weight is 838 g/mol. The molecule has 0 aliphatic carbocycles. The molecule has 0 N–H and O–H groups in total. The summed E-state index contributed by atoms with van der Waals surface area (Å²) in [4.78, 5) is 1.24. The molecular formula is C42H30B2F2N6O6S2-2. The molecule has 9 rings (SSSR count). The van der Waals surface area contributed by atoms with E-state index in [0.29, 0.717) is 32.0 Å². The molecule has 0 spiro atoms. The lowest BCUT2D eigenvalue weighted by atomic mass is 10.00. The highest BCUT2D eigenvalue weighted by Gasteiger charge is 2.44. The van der Waals surface area contributed by atoms with Crippen LogP contribution in [0.2, 0.25) is 0 Å². The largest absolute Gasteiger partial charge is 0.812 e. The van der Waals surface area contributed by atoms with Crippen molar-refractivity contribution in [2.24, 2.45) is 30.9 Å². The molecule has 0 saturated carbocycles. The van der Waals surface area contributed by atoms with Crippen LogP contribution < -0.4 is 0 Å². The SMILES string of the molecule is F[B-]12ON=C(Sc3ccccc3)/C(Sc3ccccc3)=N/O[B-](F)(O/N=C(c3ccccc3)/C(c3ccccc3)=N/O1)O/N=C(c1ccccc1)/C(c1ccccc1)=N/O2. The lowest BCUT2D eigenvalue weighted by Crippen LogP contribution is -2.41. The van der Waals surface area contributed by atoms with Crippen LogP contribution in [0.5, 0.6) is 0 Å². The Bertz CT molecular complexity index is 2290. The monoisotopic (exact) mass is 838 g/mol. The minimum Gasteiger partial charge on any atom is -0.509 e. The van der Waals surface area contributed by atoms with Crippen LogP contribution in [0.1, 0.15) is 22.3 Å². The summed E-state index contributed by atoms with van der Waals surface area (Å²) in [6.07, 6.45) is 0. The number of fused-ring (bicyclic) bond motifs is 9. The molecule has 0 amide bonds. The lowest BCUT2D eigenvalue weighted by molar-refractivity contribution is 0.0222. The number of hydrogen-bond donors (Lipinski definition) is 0. The number of nitrogens with zero attached hydrogens (tertiary/aromatic N) is 6. The maximum absolute atomic E-state index is 17.7. The number of halogens is 2. The molecule has 0 aromatic heterocycles. The number of thioether (sulfide) groups is 2. The third-order valence-electron chi connectivity index (χ3n) is 8.34. The van der Waals surface area contributed by atoms with Crippen molar-refractivity contribution in [3.05, 3.63) is 204 Å². The first kappa shape index (κ1) is 39.6. The fourth-order valence-electron chi connectivity index (χ4n) is 5.52. The Hall–Kier alpha value is -7.17. The smallest absolute Gasteiger partial charge is 0.509 e. The van der Waals surface area contributed by atoms with Crippen LogP contribution in [0, 0.1) is 0 Å². The van der Waals surface area contributed by atoms with Crippen molar-refractivity contribution >= 4 is 70.5 Å². The van der Waals surface area contributed by atoms with Crippen LogP contribution in [0.15, 0.2) is 223 Å². The van der Waals surface area contributed by atoms with Crippen molar-refractivity contribution in [3.8, 4) is 0 Å². The van der Waals surface area contributed by atoms with Crippen LogP contribution in [0.25, 0.3) is 0 Å². The molecular weight excluding hydrogens is 808 g/mol. The second-order valence-corrected chi connectivity index (χ2v) is 14.7. The van der Waals surface area contributed by atoms with Crippen LogP contribution in [0.3, 0.4) is 0 Å². The Kier molecular flexibility index (Phi) is 12.3. The third-order valence-corrected chi connectivity index (χ3v) is 10.4. The van der Waals surface area contributed by atoms with Gasteiger partial charge >= 0.3 is 14.1 Å². The molecule has 2 bridgehead atoms. The summed E-state index contributed by atoms with van der Waals surface area (Å²) in [5.74, 6) is 0. The summed E-state index contributed by atoms with van der Waals surface area (Å²) in [6.45, 7) is 0. The topological polar surface area (TPSA) is 130 Å². The number of rotatable bonds is 6. The predicted molar refractivity (Wildman–Crippen MR) is 232 cm³/mol. The second kappa shape index (κ2) is 18.6. The molecule has 0 radical (unpaired) electrons. The molecule has 60 heavy (non-hydrogen) atoms. The molecule has 6 aromatic rings. The Labute approximate surface area is 351 Å². The quantitative estimate of drug-likeness (QED) is 0.152. The Morgan fingerprint density at radius 3 is 0.767 bits per heavy atom. The van der Waals surface area contributed by atoms with Crippen molar-refractivity contribution in [1.29, 1.82) is 0 Å². The third kappa shape index (κ3) is 9.91. The second-order valence-electron chi connectivity index (χ2n) is 12.6. The van der Waals surface area contributed by atoms with E-state index in [1.807, 2.05) is 12.1 Å². The molecule has 18 heteroatoms. The summed E-state index contributed by atoms with van der Waals surface area (Å²) in [5, 5.41) is 25.0. The number of oxime groups is 6. The van der Waals surface area contributed by atoms with E-state index < -0.39 is 14.1 Å². The molecule has 3 aliphatic heterocycles. The van der Waals surface area contributed by atoms with E-state index in [1.54, 1.807) is 170 Å². The van der Waals surface area contributed by atoms with Crippen molar-refractivity contribution in [2.45, 2.75) is 9.79 Å². The zero-order chi connectivity index (χ0) is 41.0. The van der Waals surface area contributed by atoms with Gasteiger partial charge in [-0.3, -0.25) is 0 Å². The first-order valence-electron chi connectivity index (χ1n) is 18.3. The summed E-state index contributed by atoms with van der Waals surface area (Å²) in [6, 6.07) is 51.7. The minimum atomic E-state index is -4.62. The molecule has 6 aromatic carbocycles. The van der Waals surface area contributed by atoms with Gasteiger partial charge < -0.3 is 37.2 Å². The number of benzene rings is 6. The maximum atomic E-state index is 17.7. The molecule has 0 saturated heterocycles. The van der Waals surface area contributed by atoms with Gasteiger partial charge in [0.2, 0.25) is 0 Å². The zero-order valence-electron chi connectivity index (χ0n) is 31.2. The van der Waals surface area contributed by atoms with E-state index >= 15 is 8.63 Å². The van der Waals surface area contributed by atoms with Crippen LogP contribution in [-0.2, 0) is 28.5 Å². The summed E-state index contributed by atoms with van der Waals surface area (Å²) in [7, 11) is -9.25. The van der Waals surface area contributed by atoms with Gasteiger partial charge in [-0.2, -0.15) is 0 Å². The molecule has 12 nitrogen and oxygen atoms in total. The van der Waals surface area contributed by atoms with E-state index in [0.717, 1.165) is 23.5 Å². The van der Waals surface area contributed by atoms with Crippen molar-refractivity contribution < 1.29 is 37.2 Å². The minimum absolute atomic E-state index is 0.125. The maximum Gasteiger partial charge on any atom is 0.812 e. The highest BCUT2D eigenvalue weighted by atomic mass is 32.2. The van der Waals surface area contributed by atoms with Gasteiger partial charge in [-0.05, 0) is 24.3 Å². The van der Waals surface area contributed by atoms with Gasteiger partial charge in [-0.1, -0.05) is 181 Å². The first-order chi connectivity index (χ1) is 29.4. The van der Waals surface area contributed by atoms with Crippen LogP contribution >= 0.6 is 23.5 Å². The highest BCUT2D eigenvalue weighted by Crippen LogP contribution is 2.31. The van der Waals surface area contributed by atoms with E-state index in [4.69, 9.17) is 28.5 Å². The van der Waals surface area contributed by atoms with Crippen molar-refractivity contribution in [2.75, 3.05) is 0 Å². The van der Waals surface area contributed by atoms with Gasteiger partial charge in [-0.15, -0.1) is 30.9 Å². The van der Waals surface area contributed by atoms with Gasteiger partial charge in [0.25, 0.3) is 0 Å². The summed E-state index contributed by atoms with van der Waals surface area (Å²) < 4.78 is 69.2. The van der Waals surface area contributed by atoms with E-state index in [1.165, 1.54) is 0 Å². The Morgan fingerprint density at radius 2 is 0.517 bits per heavy atom. The molecule has 3 aliphatic rings. The normalized spacial score (nSPS) is 23.8. The Morgan fingerprint density at radius 1 is 0.300 bits per heavy atom. The summed E-state index contributed by atoms with van der Waals surface area (Å²) >= 11 is 1.98. The molecule has 0 fully saturated rings. The molecule has 0 unspecified atom stereocenters. The Balaban J connectivity index is 1.39. The predicted octanol–water partition coefficient (Wildman–Crippen LogP) is 9.75. The number of hydrogen-bond acceptors (Lipinski definition) is 14. The van der Waals surface area contributed by atoms with Gasteiger partial charge in [-0.25, -0.2) is 0 Å². The zero-order valence-corrected chi connectivity index (χ0v) is 32.8. The fourth-order valence-corrected chi connectivity index (χ4v) is 7.21. The molecule has 0 atom stereocenters. The van der Waals surface area contributed by atoms with Crippen LogP contribution in [0.4, 0.5) is 8.63 Å². The van der Waals surface area contributed by atoms with E-state index in [9.17, 15) is 0 Å². The van der Waals surface area contributed by atoms with Crippen molar-refractivity contribution in [3.63, 3.8) is 0 Å². The fraction of sp³-hybridized carbons (Fsp3) is 0. The standard InChI is InChI=1S/C42H30B2F2N6O6S2/c45-43-53-47-37(31-19-7-1-8-20-31)38(32-21-9-2-10-22-32)48-54-44(46,56-50-40(34-25-13-4-14-26-34)39(49-55-43)33-23-11-3-12-24-33)58-52-42(60-36-29-17-6-18-30-36)41(51-57-43)59-35-27-15-5-16-28-35/h1-30H/q-2/b47-37+,48-38+,49-39+,50-40+,51-41-,52-42?. The highest BCUT2D eigenvalue weighted by molar-refractivity contribution is 8.25. The van der Waals surface area contributed by atoms with E-state index in [2.05, 4.69) is 30.9 Å². The van der Waals surface area contributed by atoms with E-state index in [-0.39, 0.29) is 32.9 Å². The van der Waals surface area contributed by atoms with Gasteiger partial charge in [0.15, 0.2) is 10.1 Å². The van der Waals surface area contributed by atoms with Gasteiger partial charge in [0.05, 0.1) is 0 Å². The molecule has 298 valence electrons. The van der Waals surface area contributed by atoms with Crippen LogP contribution in [-0.4, -0.2) is 47.0 Å². The molecule has 3 heterocycles. The van der Waals surface area contributed by atoms with Crippen molar-refractivity contribution in [1.82, 2.24) is 0 Å². The van der Waals surface area contributed by atoms with Gasteiger partial charge in [0, 0.05) is 32.0 Å². The first-order valence-corrected chi connectivity index (χ1v) is 20.0.